The van der Waals surface area contributed by atoms with E-state index in [9.17, 15) is 4.79 Å². The average molecular weight is 235 g/mol. The monoisotopic (exact) mass is 235 g/mol. The first-order valence-corrected chi connectivity index (χ1v) is 5.60. The molecule has 6 heteroatoms. The summed E-state index contributed by atoms with van der Waals surface area (Å²) >= 11 is 0. The van der Waals surface area contributed by atoms with Gasteiger partial charge in [-0.15, -0.1) is 0 Å². The molecule has 2 rings (SSSR count). The molecule has 1 aromatic heterocycles. The highest BCUT2D eigenvalue weighted by atomic mass is 16.2. The average Bonchev–Trinajstić information content (AvgIpc) is 2.72. The summed E-state index contributed by atoms with van der Waals surface area (Å²) in [5.41, 5.74) is 5.41. The molecule has 3 N–H and O–H groups in total. The normalized spacial score (nSPS) is 23.8. The molecule has 1 aromatic rings. The summed E-state index contributed by atoms with van der Waals surface area (Å²) in [6.45, 7) is 3.35. The highest BCUT2D eigenvalue weighted by molar-refractivity contribution is 5.83. The van der Waals surface area contributed by atoms with Gasteiger partial charge in [-0.25, -0.2) is 9.97 Å². The molecular weight excluding hydrogens is 218 g/mol. The number of rotatable bonds is 2. The van der Waals surface area contributed by atoms with Crippen LogP contribution in [0, 0.1) is 5.41 Å². The van der Waals surface area contributed by atoms with E-state index in [1.54, 1.807) is 19.4 Å². The van der Waals surface area contributed by atoms with Crippen LogP contribution in [-0.2, 0) is 4.79 Å². The number of nitrogens with one attached hydrogen (secondary N) is 1. The van der Waals surface area contributed by atoms with Gasteiger partial charge in [-0.3, -0.25) is 4.79 Å². The van der Waals surface area contributed by atoms with Crippen molar-refractivity contribution in [2.24, 2.45) is 5.41 Å². The van der Waals surface area contributed by atoms with Gasteiger partial charge in [0.2, 0.25) is 5.91 Å². The second-order valence-electron chi connectivity index (χ2n) is 4.58. The zero-order valence-corrected chi connectivity index (χ0v) is 10.1. The lowest BCUT2D eigenvalue weighted by Gasteiger charge is -2.23. The first kappa shape index (κ1) is 11.6. The molecule has 1 saturated heterocycles. The molecule has 0 spiro atoms. The van der Waals surface area contributed by atoms with Gasteiger partial charge in [0.1, 0.15) is 0 Å². The molecule has 1 aliphatic heterocycles. The first-order valence-electron chi connectivity index (χ1n) is 5.60. The van der Waals surface area contributed by atoms with E-state index in [1.807, 2.05) is 11.8 Å². The maximum Gasteiger partial charge on any atom is 0.227 e. The molecule has 6 nitrogen and oxygen atoms in total. The van der Waals surface area contributed by atoms with Gasteiger partial charge < -0.3 is 16.0 Å². The third-order valence-electron chi connectivity index (χ3n) is 3.25. The second-order valence-corrected chi connectivity index (χ2v) is 4.58. The molecule has 1 aliphatic rings. The van der Waals surface area contributed by atoms with Crippen LogP contribution in [0.2, 0.25) is 0 Å². The second kappa shape index (κ2) is 4.20. The minimum Gasteiger partial charge on any atom is -0.381 e. The molecule has 1 atom stereocenters. The number of nitrogen functional groups attached to an aromatic ring is 1. The third-order valence-corrected chi connectivity index (χ3v) is 3.25. The lowest BCUT2D eigenvalue weighted by molar-refractivity contribution is -0.128. The number of hydrogen-bond donors (Lipinski definition) is 2. The Morgan fingerprint density at radius 3 is 2.88 bits per heavy atom. The maximum atomic E-state index is 11.8. The van der Waals surface area contributed by atoms with Crippen molar-refractivity contribution in [1.29, 1.82) is 0 Å². The van der Waals surface area contributed by atoms with Crippen molar-refractivity contribution >= 4 is 17.5 Å². The van der Waals surface area contributed by atoms with Crippen LogP contribution in [0.4, 0.5) is 11.6 Å². The van der Waals surface area contributed by atoms with Gasteiger partial charge in [-0.1, -0.05) is 0 Å². The van der Waals surface area contributed by atoms with Crippen LogP contribution in [0.3, 0.4) is 0 Å². The van der Waals surface area contributed by atoms with E-state index in [0.717, 1.165) is 13.0 Å². The number of amides is 1. The van der Waals surface area contributed by atoms with E-state index in [2.05, 4.69) is 15.3 Å². The molecule has 0 bridgehead atoms. The highest BCUT2D eigenvalue weighted by Crippen LogP contribution is 2.33. The van der Waals surface area contributed by atoms with Crippen molar-refractivity contribution in [1.82, 2.24) is 15.3 Å². The van der Waals surface area contributed by atoms with Crippen LogP contribution >= 0.6 is 0 Å². The Morgan fingerprint density at radius 2 is 2.24 bits per heavy atom. The smallest absolute Gasteiger partial charge is 0.227 e. The van der Waals surface area contributed by atoms with Crippen LogP contribution in [0.5, 0.6) is 0 Å². The van der Waals surface area contributed by atoms with Crippen molar-refractivity contribution in [3.8, 4) is 0 Å². The van der Waals surface area contributed by atoms with Crippen molar-refractivity contribution in [3.05, 3.63) is 12.4 Å². The molecule has 0 aromatic carbocycles. The molecule has 0 aliphatic carbocycles. The predicted molar refractivity (Wildman–Crippen MR) is 65.4 cm³/mol. The molecule has 92 valence electrons. The zero-order valence-electron chi connectivity index (χ0n) is 10.1. The van der Waals surface area contributed by atoms with Crippen LogP contribution in [0.25, 0.3) is 0 Å². The number of hydrogen-bond acceptors (Lipinski definition) is 5. The summed E-state index contributed by atoms with van der Waals surface area (Å²) in [6, 6.07) is 0. The fraction of sp³-hybridized carbons (Fsp3) is 0.545. The lowest BCUT2D eigenvalue weighted by atomic mass is 9.89. The summed E-state index contributed by atoms with van der Waals surface area (Å²) in [5, 5.41) is 2.70. The van der Waals surface area contributed by atoms with Gasteiger partial charge in [-0.2, -0.15) is 0 Å². The first-order chi connectivity index (χ1) is 8.07. The number of anilines is 2. The minimum atomic E-state index is -0.376. The van der Waals surface area contributed by atoms with Crippen LogP contribution in [0.1, 0.15) is 13.3 Å². The topological polar surface area (TPSA) is 84.1 Å². The third kappa shape index (κ3) is 2.02. The molecule has 0 radical (unpaired) electrons. The summed E-state index contributed by atoms with van der Waals surface area (Å²) < 4.78 is 0. The Kier molecular flexibility index (Phi) is 2.87. The van der Waals surface area contributed by atoms with E-state index in [4.69, 9.17) is 5.73 Å². The minimum absolute atomic E-state index is 0.0578. The van der Waals surface area contributed by atoms with E-state index < -0.39 is 0 Å². The highest BCUT2D eigenvalue weighted by Gasteiger charge is 2.40. The fourth-order valence-electron chi connectivity index (χ4n) is 2.21. The summed E-state index contributed by atoms with van der Waals surface area (Å²) in [6.07, 6.45) is 3.97. The Bertz CT molecular complexity index is 436. The van der Waals surface area contributed by atoms with Gasteiger partial charge >= 0.3 is 0 Å². The number of carbonyl (C=O) groups excluding carboxylic acids is 1. The van der Waals surface area contributed by atoms with Gasteiger partial charge in [0.05, 0.1) is 5.41 Å². The fourth-order valence-corrected chi connectivity index (χ4v) is 2.21. The Labute approximate surface area is 100 Å². The molecule has 1 unspecified atom stereocenters. The van der Waals surface area contributed by atoms with Gasteiger partial charge in [0.15, 0.2) is 11.6 Å². The van der Waals surface area contributed by atoms with Crippen LogP contribution in [0.15, 0.2) is 12.4 Å². The molecule has 17 heavy (non-hydrogen) atoms. The molecule has 1 amide bonds. The SMILES string of the molecule is CNC(=O)C1(C)CCN(c2nccnc2N)C1. The number of carbonyl (C=O) groups is 1. The molecular formula is C11H17N5O. The lowest BCUT2D eigenvalue weighted by Crippen LogP contribution is -2.39. The van der Waals surface area contributed by atoms with E-state index in [-0.39, 0.29) is 11.3 Å². The summed E-state index contributed by atoms with van der Waals surface area (Å²) in [5.74, 6) is 1.14. The van der Waals surface area contributed by atoms with Crippen LogP contribution < -0.4 is 16.0 Å². The Balaban J connectivity index is 2.18. The van der Waals surface area contributed by atoms with Crippen molar-refractivity contribution in [3.63, 3.8) is 0 Å². The number of aromatic nitrogens is 2. The van der Waals surface area contributed by atoms with Gasteiger partial charge in [0, 0.05) is 32.5 Å². The summed E-state index contributed by atoms with van der Waals surface area (Å²) in [4.78, 5) is 22.0. The van der Waals surface area contributed by atoms with Crippen molar-refractivity contribution < 1.29 is 4.79 Å². The number of nitrogens with two attached hydrogens (primary N) is 1. The molecule has 0 saturated carbocycles. The Hall–Kier alpha value is -1.85. The standard InChI is InChI=1S/C11H17N5O/c1-11(10(17)13-2)3-6-16(7-11)9-8(12)14-4-5-15-9/h4-5H,3,6-7H2,1-2H3,(H2,12,14)(H,13,17). The molecule has 2 heterocycles. The van der Waals surface area contributed by atoms with Gasteiger partial charge in [-0.05, 0) is 13.3 Å². The van der Waals surface area contributed by atoms with E-state index >= 15 is 0 Å². The zero-order chi connectivity index (χ0) is 12.5. The number of nitrogens with zero attached hydrogens (tertiary/aromatic N) is 3. The quantitative estimate of drug-likeness (QED) is 0.755. The maximum absolute atomic E-state index is 11.8. The van der Waals surface area contributed by atoms with Crippen molar-refractivity contribution in [2.45, 2.75) is 13.3 Å². The van der Waals surface area contributed by atoms with Crippen molar-refractivity contribution in [2.75, 3.05) is 30.8 Å². The van der Waals surface area contributed by atoms with E-state index in [1.165, 1.54) is 0 Å². The summed E-state index contributed by atoms with van der Waals surface area (Å²) in [7, 11) is 1.66. The Morgan fingerprint density at radius 1 is 1.53 bits per heavy atom. The van der Waals surface area contributed by atoms with Crippen LogP contribution in [-0.4, -0.2) is 36.0 Å². The van der Waals surface area contributed by atoms with E-state index in [0.29, 0.717) is 18.2 Å². The molecule has 1 fully saturated rings. The largest absolute Gasteiger partial charge is 0.381 e. The predicted octanol–water partition coefficient (Wildman–Crippen LogP) is 0.0212. The van der Waals surface area contributed by atoms with Gasteiger partial charge in [0.25, 0.3) is 0 Å².